The molecule has 0 heterocycles. The molecule has 2 unspecified atom stereocenters. The Hall–Kier alpha value is -1.22. The van der Waals surface area contributed by atoms with Crippen LogP contribution in [0.15, 0.2) is 23.2 Å². The molecule has 2 atom stereocenters. The summed E-state index contributed by atoms with van der Waals surface area (Å²) < 4.78 is 16.6. The van der Waals surface area contributed by atoms with Gasteiger partial charge in [0.2, 0.25) is 0 Å². The van der Waals surface area contributed by atoms with E-state index in [0.29, 0.717) is 5.92 Å². The van der Waals surface area contributed by atoms with Gasteiger partial charge in [0, 0.05) is 25.8 Å². The maximum absolute atomic E-state index is 5.79. The van der Waals surface area contributed by atoms with Crippen molar-refractivity contribution in [3.8, 4) is 11.5 Å². The van der Waals surface area contributed by atoms with Gasteiger partial charge >= 0.3 is 0 Å². The number of halogens is 1. The Balaban J connectivity index is 0.00000676. The van der Waals surface area contributed by atoms with Gasteiger partial charge in [0.05, 0.1) is 26.4 Å². The summed E-state index contributed by atoms with van der Waals surface area (Å²) in [5.41, 5.74) is 1.02. The number of benzene rings is 1. The number of ether oxygens (including phenoxy) is 3. The minimum Gasteiger partial charge on any atom is -0.497 e. The number of aliphatic imine (C=N–C) groups is 1. The van der Waals surface area contributed by atoms with E-state index in [1.165, 1.54) is 0 Å². The molecule has 7 heteroatoms. The summed E-state index contributed by atoms with van der Waals surface area (Å²) in [4.78, 5) is 4.32. The molecule has 0 aromatic heterocycles. The molecule has 156 valence electrons. The largest absolute Gasteiger partial charge is 0.497 e. The van der Waals surface area contributed by atoms with E-state index in [1.807, 2.05) is 25.1 Å². The summed E-state index contributed by atoms with van der Waals surface area (Å²) in [6, 6.07) is 5.80. The van der Waals surface area contributed by atoms with Gasteiger partial charge in [-0.15, -0.1) is 24.0 Å². The predicted molar refractivity (Wildman–Crippen MR) is 123 cm³/mol. The number of guanidine groups is 1. The molecule has 0 aliphatic carbocycles. The highest BCUT2D eigenvalue weighted by Crippen LogP contribution is 2.29. The third-order valence-electron chi connectivity index (χ3n) is 4.33. The molecule has 0 saturated heterocycles. The lowest BCUT2D eigenvalue weighted by Crippen LogP contribution is -2.40. The molecule has 27 heavy (non-hydrogen) atoms. The molecule has 0 fully saturated rings. The van der Waals surface area contributed by atoms with E-state index in [2.05, 4.69) is 36.4 Å². The smallest absolute Gasteiger partial charge is 0.191 e. The molecule has 0 amide bonds. The van der Waals surface area contributed by atoms with Crippen molar-refractivity contribution in [1.29, 1.82) is 0 Å². The van der Waals surface area contributed by atoms with Gasteiger partial charge in [-0.05, 0) is 44.4 Å². The summed E-state index contributed by atoms with van der Waals surface area (Å²) in [5, 5.41) is 6.77. The second-order valence-corrected chi connectivity index (χ2v) is 6.50. The molecule has 0 aliphatic rings. The topological polar surface area (TPSA) is 64.1 Å². The van der Waals surface area contributed by atoms with Crippen LogP contribution in [0.1, 0.15) is 45.7 Å². The lowest BCUT2D eigenvalue weighted by Gasteiger charge is -2.23. The van der Waals surface area contributed by atoms with E-state index in [-0.39, 0.29) is 36.1 Å². The zero-order valence-corrected chi connectivity index (χ0v) is 20.0. The Morgan fingerprint density at radius 1 is 1.15 bits per heavy atom. The van der Waals surface area contributed by atoms with Gasteiger partial charge in [-0.2, -0.15) is 0 Å². The first-order valence-electron chi connectivity index (χ1n) is 9.27. The zero-order valence-electron chi connectivity index (χ0n) is 17.7. The Morgan fingerprint density at radius 3 is 2.37 bits per heavy atom. The quantitative estimate of drug-likeness (QED) is 0.293. The number of hydrogen-bond acceptors (Lipinski definition) is 4. The summed E-state index contributed by atoms with van der Waals surface area (Å²) in [6.45, 7) is 10.0. The van der Waals surface area contributed by atoms with Crippen molar-refractivity contribution in [3.05, 3.63) is 23.8 Å². The van der Waals surface area contributed by atoms with Crippen LogP contribution in [0.5, 0.6) is 11.5 Å². The Bertz CT molecular complexity index is 567. The van der Waals surface area contributed by atoms with Crippen LogP contribution < -0.4 is 20.1 Å². The highest BCUT2D eigenvalue weighted by molar-refractivity contribution is 14.0. The second-order valence-electron chi connectivity index (χ2n) is 6.50. The summed E-state index contributed by atoms with van der Waals surface area (Å²) in [6.07, 6.45) is 1.18. The van der Waals surface area contributed by atoms with Crippen molar-refractivity contribution >= 4 is 29.9 Å². The Labute approximate surface area is 181 Å². The fraction of sp³-hybridized carbons (Fsp3) is 0.650. The molecule has 0 saturated carbocycles. The summed E-state index contributed by atoms with van der Waals surface area (Å²) in [5.74, 6) is 2.86. The fourth-order valence-corrected chi connectivity index (χ4v) is 2.81. The van der Waals surface area contributed by atoms with Crippen molar-refractivity contribution in [2.75, 3.05) is 34.4 Å². The van der Waals surface area contributed by atoms with E-state index in [0.717, 1.165) is 42.6 Å². The molecule has 1 aromatic carbocycles. The third kappa shape index (κ3) is 8.55. The van der Waals surface area contributed by atoms with Crippen molar-refractivity contribution in [2.24, 2.45) is 10.9 Å². The fourth-order valence-electron chi connectivity index (χ4n) is 2.81. The average molecular weight is 493 g/mol. The van der Waals surface area contributed by atoms with Crippen LogP contribution in [0.25, 0.3) is 0 Å². The molecule has 1 aromatic rings. The lowest BCUT2D eigenvalue weighted by molar-refractivity contribution is 0.0258. The number of rotatable bonds is 10. The van der Waals surface area contributed by atoms with Crippen molar-refractivity contribution in [3.63, 3.8) is 0 Å². The van der Waals surface area contributed by atoms with Gasteiger partial charge in [-0.25, -0.2) is 0 Å². The minimum absolute atomic E-state index is 0. The molecular formula is C20H36IN3O3. The van der Waals surface area contributed by atoms with Crippen molar-refractivity contribution in [2.45, 2.75) is 46.3 Å². The Morgan fingerprint density at radius 2 is 1.85 bits per heavy atom. The van der Waals surface area contributed by atoms with E-state index in [4.69, 9.17) is 14.2 Å². The summed E-state index contributed by atoms with van der Waals surface area (Å²) >= 11 is 0. The molecule has 0 radical (unpaired) electrons. The van der Waals surface area contributed by atoms with Crippen LogP contribution in [-0.4, -0.2) is 46.5 Å². The van der Waals surface area contributed by atoms with E-state index < -0.39 is 0 Å². The van der Waals surface area contributed by atoms with Gasteiger partial charge in [0.25, 0.3) is 0 Å². The molecule has 1 rings (SSSR count). The van der Waals surface area contributed by atoms with Crippen LogP contribution >= 0.6 is 24.0 Å². The molecular weight excluding hydrogens is 457 g/mol. The normalized spacial score (nSPS) is 13.6. The van der Waals surface area contributed by atoms with Crippen molar-refractivity contribution < 1.29 is 14.2 Å². The SMILES string of the molecule is CCOC(CCNC(=NC)NC(C)c1cc(OC)ccc1OC)C(C)C.I. The lowest BCUT2D eigenvalue weighted by atomic mass is 10.0. The molecule has 0 bridgehead atoms. The van der Waals surface area contributed by atoms with Gasteiger partial charge < -0.3 is 24.8 Å². The van der Waals surface area contributed by atoms with Crippen molar-refractivity contribution in [1.82, 2.24) is 10.6 Å². The predicted octanol–water partition coefficient (Wildman–Crippen LogP) is 4.00. The Kier molecular flexibility index (Phi) is 13.2. The highest BCUT2D eigenvalue weighted by Gasteiger charge is 2.16. The number of hydrogen-bond donors (Lipinski definition) is 2. The van der Waals surface area contributed by atoms with E-state index in [9.17, 15) is 0 Å². The van der Waals surface area contributed by atoms with Crippen LogP contribution in [0.3, 0.4) is 0 Å². The van der Waals surface area contributed by atoms with Crippen LogP contribution in [0.2, 0.25) is 0 Å². The third-order valence-corrected chi connectivity index (χ3v) is 4.33. The molecule has 0 aliphatic heterocycles. The maximum Gasteiger partial charge on any atom is 0.191 e. The van der Waals surface area contributed by atoms with E-state index in [1.54, 1.807) is 21.3 Å². The van der Waals surface area contributed by atoms with E-state index >= 15 is 0 Å². The number of nitrogens with zero attached hydrogens (tertiary/aromatic N) is 1. The first-order chi connectivity index (χ1) is 12.5. The maximum atomic E-state index is 5.79. The van der Waals surface area contributed by atoms with Crippen LogP contribution in [-0.2, 0) is 4.74 Å². The zero-order chi connectivity index (χ0) is 19.5. The van der Waals surface area contributed by atoms with Gasteiger partial charge in [-0.3, -0.25) is 4.99 Å². The monoisotopic (exact) mass is 493 g/mol. The molecule has 6 nitrogen and oxygen atoms in total. The number of methoxy groups -OCH3 is 2. The second kappa shape index (κ2) is 13.9. The average Bonchev–Trinajstić information content (AvgIpc) is 2.65. The van der Waals surface area contributed by atoms with Gasteiger partial charge in [0.1, 0.15) is 11.5 Å². The molecule has 0 spiro atoms. The number of nitrogens with one attached hydrogen (secondary N) is 2. The highest BCUT2D eigenvalue weighted by atomic mass is 127. The summed E-state index contributed by atoms with van der Waals surface area (Å²) in [7, 11) is 5.10. The van der Waals surface area contributed by atoms with Gasteiger partial charge in [0.15, 0.2) is 5.96 Å². The van der Waals surface area contributed by atoms with Crippen LogP contribution in [0.4, 0.5) is 0 Å². The van der Waals surface area contributed by atoms with Gasteiger partial charge in [-0.1, -0.05) is 13.8 Å². The first kappa shape index (κ1) is 25.8. The van der Waals surface area contributed by atoms with Crippen LogP contribution in [0, 0.1) is 5.92 Å². The molecule has 2 N–H and O–H groups in total. The minimum atomic E-state index is 0. The standard InChI is InChI=1S/C20H35N3O3.HI/c1-8-26-18(14(2)3)11-12-22-20(21-5)23-15(4)17-13-16(24-6)9-10-19(17)25-7;/h9-10,13-15,18H,8,11-12H2,1-7H3,(H2,21,22,23);1H. The first-order valence-corrected chi connectivity index (χ1v) is 9.27.